The summed E-state index contributed by atoms with van der Waals surface area (Å²) in [6.45, 7) is 2.29. The van der Waals surface area contributed by atoms with Crippen LogP contribution in [0.25, 0.3) is 0 Å². The summed E-state index contributed by atoms with van der Waals surface area (Å²) in [6, 6.07) is 10.7. The molecule has 2 aliphatic carbocycles. The van der Waals surface area contributed by atoms with Crippen LogP contribution in [0, 0.1) is 28.6 Å². The number of aliphatic hydroxyl groups excluding tert-OH is 1. The topological polar surface area (TPSA) is 44.0 Å². The maximum absolute atomic E-state index is 10.9. The molecule has 1 saturated carbocycles. The van der Waals surface area contributed by atoms with Crippen LogP contribution in [0.15, 0.2) is 24.3 Å². The van der Waals surface area contributed by atoms with Gasteiger partial charge in [-0.1, -0.05) is 44.0 Å². The van der Waals surface area contributed by atoms with Gasteiger partial charge >= 0.3 is 0 Å². The van der Waals surface area contributed by atoms with Gasteiger partial charge in [-0.3, -0.25) is 0 Å². The first-order valence-corrected chi connectivity index (χ1v) is 7.81. The average Bonchev–Trinajstić information content (AvgIpc) is 2.87. The number of hydrogen-bond acceptors (Lipinski definition) is 2. The van der Waals surface area contributed by atoms with Crippen LogP contribution in [-0.2, 0) is 12.8 Å². The van der Waals surface area contributed by atoms with Crippen molar-refractivity contribution in [2.75, 3.05) is 0 Å². The molecule has 1 N–H and O–H groups in total. The maximum Gasteiger partial charge on any atom is 0.0915 e. The molecule has 0 radical (unpaired) electrons. The summed E-state index contributed by atoms with van der Waals surface area (Å²) in [7, 11) is 0. The summed E-state index contributed by atoms with van der Waals surface area (Å²) in [5.74, 6) is 1.08. The largest absolute Gasteiger partial charge is 0.391 e. The molecule has 0 heterocycles. The van der Waals surface area contributed by atoms with Crippen molar-refractivity contribution >= 4 is 0 Å². The number of fused-ring (bicyclic) bond motifs is 1. The van der Waals surface area contributed by atoms with E-state index in [-0.39, 0.29) is 0 Å². The molecule has 1 aromatic carbocycles. The lowest BCUT2D eigenvalue weighted by atomic mass is 9.69. The zero-order chi connectivity index (χ0) is 14.2. The van der Waals surface area contributed by atoms with Crippen molar-refractivity contribution in [1.82, 2.24) is 0 Å². The first-order valence-electron chi connectivity index (χ1n) is 7.81. The molecule has 0 aromatic heterocycles. The highest BCUT2D eigenvalue weighted by molar-refractivity contribution is 5.38. The number of nitriles is 1. The SMILES string of the molecule is CC1CCC(C(O)C2(C#N)Cc3ccccc3C2)CC1. The molecule has 1 fully saturated rings. The molecule has 0 spiro atoms. The van der Waals surface area contributed by atoms with Gasteiger partial charge in [0.1, 0.15) is 0 Å². The Hall–Kier alpha value is -1.33. The van der Waals surface area contributed by atoms with Gasteiger partial charge in [0.2, 0.25) is 0 Å². The van der Waals surface area contributed by atoms with Gasteiger partial charge in [-0.2, -0.15) is 5.26 Å². The molecular formula is C18H23NO. The number of rotatable bonds is 2. The highest BCUT2D eigenvalue weighted by atomic mass is 16.3. The fourth-order valence-electron chi connectivity index (χ4n) is 4.05. The molecule has 106 valence electrons. The highest BCUT2D eigenvalue weighted by Crippen LogP contribution is 2.44. The van der Waals surface area contributed by atoms with Gasteiger partial charge in [0.05, 0.1) is 17.6 Å². The van der Waals surface area contributed by atoms with E-state index in [4.69, 9.17) is 0 Å². The molecule has 0 amide bonds. The van der Waals surface area contributed by atoms with Gasteiger partial charge in [-0.05, 0) is 48.6 Å². The van der Waals surface area contributed by atoms with Crippen molar-refractivity contribution in [1.29, 1.82) is 5.26 Å². The fourth-order valence-corrected chi connectivity index (χ4v) is 4.05. The lowest BCUT2D eigenvalue weighted by Crippen LogP contribution is -2.41. The summed E-state index contributed by atoms with van der Waals surface area (Å²) in [5.41, 5.74) is 1.91. The summed E-state index contributed by atoms with van der Waals surface area (Å²) >= 11 is 0. The number of benzene rings is 1. The minimum Gasteiger partial charge on any atom is -0.391 e. The number of nitrogens with zero attached hydrogens (tertiary/aromatic N) is 1. The van der Waals surface area contributed by atoms with E-state index in [1.54, 1.807) is 0 Å². The average molecular weight is 269 g/mol. The molecule has 20 heavy (non-hydrogen) atoms. The van der Waals surface area contributed by atoms with E-state index in [0.29, 0.717) is 18.8 Å². The van der Waals surface area contributed by atoms with Crippen molar-refractivity contribution in [2.24, 2.45) is 17.3 Å². The molecule has 2 heteroatoms. The van der Waals surface area contributed by atoms with Crippen LogP contribution in [0.5, 0.6) is 0 Å². The lowest BCUT2D eigenvalue weighted by molar-refractivity contribution is -0.00130. The summed E-state index contributed by atoms with van der Waals surface area (Å²) < 4.78 is 0. The van der Waals surface area contributed by atoms with Crippen LogP contribution in [-0.4, -0.2) is 11.2 Å². The van der Waals surface area contributed by atoms with E-state index in [9.17, 15) is 10.4 Å². The predicted molar refractivity (Wildman–Crippen MR) is 79.0 cm³/mol. The first-order chi connectivity index (χ1) is 9.64. The van der Waals surface area contributed by atoms with E-state index in [2.05, 4.69) is 25.1 Å². The molecule has 2 aliphatic rings. The zero-order valence-electron chi connectivity index (χ0n) is 12.2. The van der Waals surface area contributed by atoms with Gasteiger partial charge < -0.3 is 5.11 Å². The minimum atomic E-state index is -0.588. The van der Waals surface area contributed by atoms with Crippen LogP contribution < -0.4 is 0 Å². The first kappa shape index (κ1) is 13.6. The Morgan fingerprint density at radius 1 is 1.15 bits per heavy atom. The number of hydrogen-bond donors (Lipinski definition) is 1. The van der Waals surface area contributed by atoms with Gasteiger partial charge in [0, 0.05) is 0 Å². The fraction of sp³-hybridized carbons (Fsp3) is 0.611. The Morgan fingerprint density at radius 2 is 1.70 bits per heavy atom. The third-order valence-electron chi connectivity index (χ3n) is 5.43. The van der Waals surface area contributed by atoms with Crippen molar-refractivity contribution in [3.63, 3.8) is 0 Å². The molecule has 1 atom stereocenters. The van der Waals surface area contributed by atoms with Crippen molar-refractivity contribution in [2.45, 2.75) is 51.6 Å². The Labute approximate surface area is 121 Å². The van der Waals surface area contributed by atoms with Crippen LogP contribution in [0.1, 0.15) is 43.7 Å². The van der Waals surface area contributed by atoms with Gasteiger partial charge in [-0.15, -0.1) is 0 Å². The standard InChI is InChI=1S/C18H23NO/c1-13-6-8-14(9-7-13)17(20)18(12-19)10-15-4-2-3-5-16(15)11-18/h2-5,13-14,17,20H,6-11H2,1H3. The monoisotopic (exact) mass is 269 g/mol. The van der Waals surface area contributed by atoms with Crippen LogP contribution in [0.3, 0.4) is 0 Å². The van der Waals surface area contributed by atoms with Crippen molar-refractivity contribution in [3.05, 3.63) is 35.4 Å². The molecule has 0 aliphatic heterocycles. The molecule has 3 rings (SSSR count). The van der Waals surface area contributed by atoms with Crippen LogP contribution >= 0.6 is 0 Å². The van der Waals surface area contributed by atoms with Crippen molar-refractivity contribution in [3.8, 4) is 6.07 Å². The quantitative estimate of drug-likeness (QED) is 0.893. The smallest absolute Gasteiger partial charge is 0.0915 e. The highest BCUT2D eigenvalue weighted by Gasteiger charge is 2.46. The Bertz CT molecular complexity index is 497. The zero-order valence-corrected chi connectivity index (χ0v) is 12.2. The Morgan fingerprint density at radius 3 is 2.20 bits per heavy atom. The second-order valence-corrected chi connectivity index (χ2v) is 6.85. The third-order valence-corrected chi connectivity index (χ3v) is 5.43. The van der Waals surface area contributed by atoms with Gasteiger partial charge in [0.25, 0.3) is 0 Å². The van der Waals surface area contributed by atoms with Gasteiger partial charge in [-0.25, -0.2) is 0 Å². The van der Waals surface area contributed by atoms with Crippen molar-refractivity contribution < 1.29 is 5.11 Å². The second kappa shape index (κ2) is 5.22. The van der Waals surface area contributed by atoms with E-state index in [1.807, 2.05) is 12.1 Å². The molecule has 2 nitrogen and oxygen atoms in total. The molecule has 1 unspecified atom stereocenters. The predicted octanol–water partition coefficient (Wildman–Crippen LogP) is 3.48. The van der Waals surface area contributed by atoms with Gasteiger partial charge in [0.15, 0.2) is 0 Å². The van der Waals surface area contributed by atoms with E-state index < -0.39 is 11.5 Å². The number of aliphatic hydroxyl groups is 1. The second-order valence-electron chi connectivity index (χ2n) is 6.85. The van der Waals surface area contributed by atoms with E-state index >= 15 is 0 Å². The van der Waals surface area contributed by atoms with E-state index in [0.717, 1.165) is 18.8 Å². The molecular weight excluding hydrogens is 246 g/mol. The summed E-state index contributed by atoms with van der Waals surface area (Å²) in [6.07, 6.45) is 5.48. The lowest BCUT2D eigenvalue weighted by Gasteiger charge is -2.37. The molecule has 1 aromatic rings. The summed E-state index contributed by atoms with van der Waals surface area (Å²) in [5, 5.41) is 20.6. The molecule has 0 saturated heterocycles. The van der Waals surface area contributed by atoms with Crippen LogP contribution in [0.4, 0.5) is 0 Å². The Kier molecular flexibility index (Phi) is 3.56. The molecule has 0 bridgehead atoms. The van der Waals surface area contributed by atoms with Crippen LogP contribution in [0.2, 0.25) is 0 Å². The Balaban J connectivity index is 1.80. The summed E-state index contributed by atoms with van der Waals surface area (Å²) in [4.78, 5) is 0. The maximum atomic E-state index is 10.9. The minimum absolute atomic E-state index is 0.306. The normalized spacial score (nSPS) is 29.4. The van der Waals surface area contributed by atoms with E-state index in [1.165, 1.54) is 24.0 Å². The third kappa shape index (κ3) is 2.25.